The van der Waals surface area contributed by atoms with Gasteiger partial charge in [-0.25, -0.2) is 0 Å². The second kappa shape index (κ2) is 23.6. The van der Waals surface area contributed by atoms with Gasteiger partial charge in [-0.3, -0.25) is 0 Å². The van der Waals surface area contributed by atoms with Crippen LogP contribution in [-0.4, -0.2) is 50.1 Å². The number of aromatic carboxylic acids is 4. The number of hydrogen-bond acceptors (Lipinski definition) is 8. The summed E-state index contributed by atoms with van der Waals surface area (Å²) in [7, 11) is 0. The minimum atomic E-state index is -1.40. The summed E-state index contributed by atoms with van der Waals surface area (Å²) < 4.78 is 0. The van der Waals surface area contributed by atoms with Gasteiger partial charge < -0.3 is 62.5 Å². The van der Waals surface area contributed by atoms with Gasteiger partial charge in [0.2, 0.25) is 0 Å². The molecule has 0 atom stereocenters. The molecule has 0 bridgehead atoms. The lowest BCUT2D eigenvalue weighted by molar-refractivity contribution is -0.375. The number of hydrogen-bond donors (Lipinski definition) is 4. The molecule has 0 aliphatic rings. The number of benzene rings is 2. The van der Waals surface area contributed by atoms with E-state index in [2.05, 4.69) is 22.9 Å². The van der Waals surface area contributed by atoms with Crippen LogP contribution >= 0.6 is 0 Å². The molecule has 12 heteroatoms. The Kier molecular flexibility index (Phi) is 22.5. The lowest BCUT2D eigenvalue weighted by Gasteiger charge is -2.05. The number of quaternary nitrogens is 4. The molecule has 38 heavy (non-hydrogen) atoms. The lowest BCUT2D eigenvalue weighted by atomic mass is 10.1. The van der Waals surface area contributed by atoms with Crippen molar-refractivity contribution in [2.45, 2.75) is 38.5 Å². The molecule has 0 aliphatic heterocycles. The van der Waals surface area contributed by atoms with Crippen molar-refractivity contribution < 1.29 is 62.5 Å². The lowest BCUT2D eigenvalue weighted by Crippen LogP contribution is -2.51. The molecular formula is C26H40N4O8. The van der Waals surface area contributed by atoms with Crippen LogP contribution in [0.25, 0.3) is 0 Å². The second-order valence-electron chi connectivity index (χ2n) is 7.85. The van der Waals surface area contributed by atoms with Gasteiger partial charge in [0.1, 0.15) is 0 Å². The number of unbranched alkanes of at least 4 members (excludes halogenated alkanes) is 4. The number of carbonyl (C=O) groups is 4. The van der Waals surface area contributed by atoms with Crippen molar-refractivity contribution in [3.8, 4) is 0 Å². The smallest absolute Gasteiger partial charge is 0.0739 e. The molecule has 0 amide bonds. The minimum Gasteiger partial charge on any atom is -0.545 e. The third-order valence-corrected chi connectivity index (χ3v) is 4.67. The van der Waals surface area contributed by atoms with E-state index in [-0.39, 0.29) is 22.3 Å². The molecule has 0 unspecified atom stereocenters. The first-order valence-corrected chi connectivity index (χ1v) is 12.3. The zero-order chi connectivity index (χ0) is 29.3. The monoisotopic (exact) mass is 536 g/mol. The van der Waals surface area contributed by atoms with E-state index in [0.717, 1.165) is 38.3 Å². The summed E-state index contributed by atoms with van der Waals surface area (Å²) in [6.45, 7) is 4.33. The quantitative estimate of drug-likeness (QED) is 0.189. The molecule has 0 saturated carbocycles. The molecule has 2 rings (SSSR count). The van der Waals surface area contributed by atoms with Crippen LogP contribution in [0.5, 0.6) is 0 Å². The van der Waals surface area contributed by atoms with Gasteiger partial charge in [0, 0.05) is 0 Å². The predicted molar refractivity (Wildman–Crippen MR) is 129 cm³/mol. The highest BCUT2D eigenvalue weighted by atomic mass is 16.4. The molecule has 212 valence electrons. The van der Waals surface area contributed by atoms with E-state index < -0.39 is 23.9 Å². The van der Waals surface area contributed by atoms with Crippen LogP contribution < -0.4 is 43.4 Å². The number of rotatable bonds is 12. The summed E-state index contributed by atoms with van der Waals surface area (Å²) >= 11 is 0. The van der Waals surface area contributed by atoms with Gasteiger partial charge in [-0.05, 0) is 72.9 Å². The van der Waals surface area contributed by atoms with Crippen molar-refractivity contribution in [2.75, 3.05) is 26.2 Å². The average Bonchev–Trinajstić information content (AvgIpc) is 2.90. The maximum absolute atomic E-state index is 10.3. The molecule has 0 spiro atoms. The maximum Gasteiger partial charge on any atom is 0.0739 e. The standard InChI is InChI=1S/2C8H6O4.2C5H14N2/c2*9-7(10)5-2-1-3-6(4-5)8(11)12;2*6-4-2-1-3-5-7/h2*1-4H,(H,9,10)(H,11,12);2*1-7H2. The van der Waals surface area contributed by atoms with Crippen LogP contribution in [0.3, 0.4) is 0 Å². The molecule has 0 saturated heterocycles. The highest BCUT2D eigenvalue weighted by Gasteiger charge is 1.97. The van der Waals surface area contributed by atoms with Gasteiger partial charge in [-0.2, -0.15) is 0 Å². The molecule has 12 N–H and O–H groups in total. The largest absolute Gasteiger partial charge is 0.545 e. The first-order valence-electron chi connectivity index (χ1n) is 12.3. The van der Waals surface area contributed by atoms with Crippen molar-refractivity contribution in [3.05, 3.63) is 70.8 Å². The summed E-state index contributed by atoms with van der Waals surface area (Å²) in [5.74, 6) is -5.62. The fourth-order valence-corrected chi connectivity index (χ4v) is 2.61. The van der Waals surface area contributed by atoms with Gasteiger partial charge in [0.15, 0.2) is 0 Å². The third kappa shape index (κ3) is 19.4. The topological polar surface area (TPSA) is 271 Å². The van der Waals surface area contributed by atoms with Gasteiger partial charge in [0.05, 0.1) is 50.1 Å². The fraction of sp³-hybridized carbons (Fsp3) is 0.385. The second-order valence-corrected chi connectivity index (χ2v) is 7.85. The first kappa shape index (κ1) is 36.3. The number of carboxylic acids is 4. The Hall–Kier alpha value is -3.84. The Morgan fingerprint density at radius 3 is 0.816 bits per heavy atom. The molecule has 0 fully saturated rings. The summed E-state index contributed by atoms with van der Waals surface area (Å²) in [5, 5.41) is 41.0. The Bertz CT molecular complexity index is 826. The van der Waals surface area contributed by atoms with Gasteiger partial charge in [-0.15, -0.1) is 0 Å². The Morgan fingerprint density at radius 2 is 0.658 bits per heavy atom. The highest BCUT2D eigenvalue weighted by molar-refractivity contribution is 5.92. The molecular weight excluding hydrogens is 496 g/mol. The Balaban J connectivity index is 0. The van der Waals surface area contributed by atoms with E-state index in [1.165, 1.54) is 74.9 Å². The molecule has 0 radical (unpaired) electrons. The SMILES string of the molecule is O=C([O-])c1cccc(C(=O)[O-])c1.O=C([O-])c1cccc(C(=O)[O-])c1.[NH3+]CCCCC[NH3+].[NH3+]CCCCC[NH3+]. The van der Waals surface area contributed by atoms with Crippen molar-refractivity contribution in [2.24, 2.45) is 0 Å². The van der Waals surface area contributed by atoms with Crippen LogP contribution in [0.4, 0.5) is 0 Å². The molecule has 12 nitrogen and oxygen atoms in total. The molecule has 0 aromatic heterocycles. The Morgan fingerprint density at radius 1 is 0.447 bits per heavy atom. The van der Waals surface area contributed by atoms with Crippen molar-refractivity contribution >= 4 is 23.9 Å². The highest BCUT2D eigenvalue weighted by Crippen LogP contribution is 2.03. The fourth-order valence-electron chi connectivity index (χ4n) is 2.61. The zero-order valence-electron chi connectivity index (χ0n) is 21.8. The van der Waals surface area contributed by atoms with Crippen LogP contribution in [0, 0.1) is 0 Å². The van der Waals surface area contributed by atoms with E-state index in [4.69, 9.17) is 0 Å². The van der Waals surface area contributed by atoms with Crippen molar-refractivity contribution in [1.82, 2.24) is 0 Å². The number of carboxylic acid groups (broad SMARTS) is 4. The molecule has 0 aliphatic carbocycles. The molecule has 0 heterocycles. The number of carbonyl (C=O) groups excluding carboxylic acids is 4. The van der Waals surface area contributed by atoms with E-state index >= 15 is 0 Å². The van der Waals surface area contributed by atoms with Crippen molar-refractivity contribution in [1.29, 1.82) is 0 Å². The van der Waals surface area contributed by atoms with E-state index in [1.807, 2.05) is 0 Å². The van der Waals surface area contributed by atoms with Crippen molar-refractivity contribution in [3.63, 3.8) is 0 Å². The minimum absolute atomic E-state index is 0.170. The van der Waals surface area contributed by atoms with Gasteiger partial charge in [0.25, 0.3) is 0 Å². The summed E-state index contributed by atoms with van der Waals surface area (Å²) in [5.41, 5.74) is 14.3. The predicted octanol–water partition coefficient (Wildman–Crippen LogP) is -5.89. The third-order valence-electron chi connectivity index (χ3n) is 4.67. The normalized spacial score (nSPS) is 9.37. The summed E-state index contributed by atoms with van der Waals surface area (Å²) in [4.78, 5) is 41.0. The molecule has 2 aromatic carbocycles. The summed E-state index contributed by atoms with van der Waals surface area (Å²) in [6, 6.07) is 9.62. The average molecular weight is 537 g/mol. The van der Waals surface area contributed by atoms with E-state index in [0.29, 0.717) is 0 Å². The molecule has 2 aromatic rings. The first-order chi connectivity index (χ1) is 18.0. The summed E-state index contributed by atoms with van der Waals surface area (Å²) in [6.07, 6.45) is 7.72. The van der Waals surface area contributed by atoms with Crippen LogP contribution in [-0.2, 0) is 0 Å². The van der Waals surface area contributed by atoms with Crippen LogP contribution in [0.2, 0.25) is 0 Å². The van der Waals surface area contributed by atoms with E-state index in [9.17, 15) is 39.6 Å². The van der Waals surface area contributed by atoms with Gasteiger partial charge >= 0.3 is 0 Å². The maximum atomic E-state index is 10.3. The van der Waals surface area contributed by atoms with Crippen LogP contribution in [0.1, 0.15) is 80.0 Å². The van der Waals surface area contributed by atoms with Gasteiger partial charge in [-0.1, -0.05) is 36.4 Å². The zero-order valence-corrected chi connectivity index (χ0v) is 21.8. The van der Waals surface area contributed by atoms with E-state index in [1.54, 1.807) is 0 Å². The van der Waals surface area contributed by atoms with Crippen LogP contribution in [0.15, 0.2) is 48.5 Å². The Labute approximate surface area is 222 Å².